The predicted octanol–water partition coefficient (Wildman–Crippen LogP) is 9.25. The number of carboxylic acid groups (broad SMARTS) is 1. The fourth-order valence-corrected chi connectivity index (χ4v) is 14.4. The summed E-state index contributed by atoms with van der Waals surface area (Å²) in [5.41, 5.74) is 4.27. The van der Waals surface area contributed by atoms with Gasteiger partial charge in [-0.05, 0) is 133 Å². The van der Waals surface area contributed by atoms with Crippen molar-refractivity contribution in [3.8, 4) is 0 Å². The van der Waals surface area contributed by atoms with E-state index in [2.05, 4.69) is 79.3 Å². The number of nitrogens with zero attached hydrogens (tertiary/aromatic N) is 2. The Morgan fingerprint density at radius 2 is 1.67 bits per heavy atom. The predicted molar refractivity (Wildman–Crippen MR) is 201 cm³/mol. The van der Waals surface area contributed by atoms with Crippen molar-refractivity contribution < 1.29 is 9.90 Å². The van der Waals surface area contributed by atoms with Crippen molar-refractivity contribution >= 4 is 23.5 Å². The third-order valence-corrected chi connectivity index (χ3v) is 16.7. The Labute approximate surface area is 296 Å². The van der Waals surface area contributed by atoms with Gasteiger partial charge in [0.25, 0.3) is 0 Å². The van der Waals surface area contributed by atoms with Crippen LogP contribution in [0, 0.1) is 45.8 Å². The summed E-state index contributed by atoms with van der Waals surface area (Å²) in [6.07, 6.45) is 19.0. The number of unbranched alkanes of at least 4 members (excludes halogenated alkanes) is 1. The number of rotatable bonds is 10. The minimum absolute atomic E-state index is 0.0769. The highest BCUT2D eigenvalue weighted by molar-refractivity contribution is 7.97. The SMILES string of the molecule is CCCCSN1CCN(CCN[C@]23CCCC2[C@H]2CCC4[C@@](C)(CCC5C(C)(C)C(c6ccc(C(=O)O)cc6)=CC[C@@]54C)C2CC3)CC1. The first-order valence-electron chi connectivity index (χ1n) is 19.9. The number of allylic oxidation sites excluding steroid dienone is 2. The van der Waals surface area contributed by atoms with Crippen molar-refractivity contribution in [1.29, 1.82) is 0 Å². The van der Waals surface area contributed by atoms with E-state index in [1.165, 1.54) is 127 Å². The van der Waals surface area contributed by atoms with Crippen LogP contribution in [0.2, 0.25) is 0 Å². The molecule has 5 nitrogen and oxygen atoms in total. The monoisotopic (exact) mass is 675 g/mol. The summed E-state index contributed by atoms with van der Waals surface area (Å²) in [5.74, 6) is 4.53. The molecule has 8 atom stereocenters. The van der Waals surface area contributed by atoms with E-state index in [4.69, 9.17) is 0 Å². The molecule has 0 radical (unpaired) electrons. The minimum Gasteiger partial charge on any atom is -0.478 e. The molecule has 0 spiro atoms. The van der Waals surface area contributed by atoms with E-state index >= 15 is 0 Å². The summed E-state index contributed by atoms with van der Waals surface area (Å²) in [7, 11) is 0. The first kappa shape index (κ1) is 35.1. The van der Waals surface area contributed by atoms with Crippen LogP contribution in [-0.2, 0) is 0 Å². The number of hydrogen-bond donors (Lipinski definition) is 2. The molecule has 0 aromatic heterocycles. The quantitative estimate of drug-likeness (QED) is 0.191. The first-order chi connectivity index (χ1) is 23.0. The van der Waals surface area contributed by atoms with Gasteiger partial charge in [-0.15, -0.1) is 0 Å². The van der Waals surface area contributed by atoms with Crippen molar-refractivity contribution in [2.24, 2.45) is 45.8 Å². The lowest BCUT2D eigenvalue weighted by molar-refractivity contribution is -0.172. The fraction of sp³-hybridized carbons (Fsp3) is 0.786. The Bertz CT molecular complexity index is 1340. The minimum atomic E-state index is -0.845. The van der Waals surface area contributed by atoms with E-state index in [1.807, 2.05) is 0 Å². The summed E-state index contributed by atoms with van der Waals surface area (Å²) in [4.78, 5) is 14.2. The zero-order chi connectivity index (χ0) is 33.7. The van der Waals surface area contributed by atoms with Crippen LogP contribution in [0.25, 0.3) is 5.57 Å². The highest BCUT2D eigenvalue weighted by atomic mass is 32.2. The van der Waals surface area contributed by atoms with Crippen molar-refractivity contribution in [1.82, 2.24) is 14.5 Å². The number of carboxylic acids is 1. The summed E-state index contributed by atoms with van der Waals surface area (Å²) < 4.78 is 2.61. The maximum absolute atomic E-state index is 11.5. The highest BCUT2D eigenvalue weighted by Gasteiger charge is 2.65. The lowest BCUT2D eigenvalue weighted by Crippen LogP contribution is -2.63. The van der Waals surface area contributed by atoms with Gasteiger partial charge in [-0.25, -0.2) is 9.10 Å². The summed E-state index contributed by atoms with van der Waals surface area (Å²) >= 11 is 2.08. The Hall–Kier alpha value is -1.34. The van der Waals surface area contributed by atoms with Gasteiger partial charge in [0, 0.05) is 50.6 Å². The van der Waals surface area contributed by atoms with Gasteiger partial charge in [0.05, 0.1) is 5.56 Å². The highest BCUT2D eigenvalue weighted by Crippen LogP contribution is 2.72. The molecule has 266 valence electrons. The Kier molecular flexibility index (Phi) is 9.98. The van der Waals surface area contributed by atoms with Gasteiger partial charge >= 0.3 is 5.97 Å². The fourth-order valence-electron chi connectivity index (χ4n) is 13.3. The number of aromatic carboxylic acids is 1. The summed E-state index contributed by atoms with van der Waals surface area (Å²) in [6, 6.07) is 7.68. The van der Waals surface area contributed by atoms with Gasteiger partial charge in [0.15, 0.2) is 0 Å². The molecule has 5 fully saturated rings. The van der Waals surface area contributed by atoms with E-state index in [1.54, 1.807) is 12.1 Å². The average molecular weight is 676 g/mol. The summed E-state index contributed by atoms with van der Waals surface area (Å²) in [6.45, 7) is 20.0. The molecule has 6 heteroatoms. The number of fused-ring (bicyclic) bond motifs is 7. The molecule has 1 saturated heterocycles. The van der Waals surface area contributed by atoms with Crippen molar-refractivity contribution in [3.05, 3.63) is 41.5 Å². The van der Waals surface area contributed by atoms with Gasteiger partial charge in [0.2, 0.25) is 0 Å². The largest absolute Gasteiger partial charge is 0.478 e. The van der Waals surface area contributed by atoms with Crippen LogP contribution < -0.4 is 5.32 Å². The molecular formula is C42H65N3O2S. The van der Waals surface area contributed by atoms with Crippen LogP contribution in [0.1, 0.15) is 128 Å². The second kappa shape index (κ2) is 13.7. The van der Waals surface area contributed by atoms with Crippen LogP contribution in [0.5, 0.6) is 0 Å². The van der Waals surface area contributed by atoms with Gasteiger partial charge < -0.3 is 10.4 Å². The first-order valence-corrected chi connectivity index (χ1v) is 20.9. The molecule has 1 heterocycles. The second-order valence-electron chi connectivity index (χ2n) is 18.0. The lowest BCUT2D eigenvalue weighted by atomic mass is 9.37. The number of hydrogen-bond acceptors (Lipinski definition) is 5. The molecule has 48 heavy (non-hydrogen) atoms. The molecule has 0 amide bonds. The zero-order valence-corrected chi connectivity index (χ0v) is 31.7. The molecule has 6 aliphatic rings. The van der Waals surface area contributed by atoms with Crippen molar-refractivity contribution in [3.63, 3.8) is 0 Å². The van der Waals surface area contributed by atoms with Gasteiger partial charge in [-0.2, -0.15) is 0 Å². The topological polar surface area (TPSA) is 55.8 Å². The van der Waals surface area contributed by atoms with Crippen LogP contribution in [0.3, 0.4) is 0 Å². The van der Waals surface area contributed by atoms with Gasteiger partial charge in [0.1, 0.15) is 0 Å². The average Bonchev–Trinajstić information content (AvgIpc) is 3.50. The van der Waals surface area contributed by atoms with Crippen molar-refractivity contribution in [2.45, 2.75) is 117 Å². The number of benzene rings is 1. The number of carbonyl (C=O) groups is 1. The Morgan fingerprint density at radius 3 is 2.40 bits per heavy atom. The number of nitrogens with one attached hydrogen (secondary N) is 1. The molecule has 5 aliphatic carbocycles. The van der Waals surface area contributed by atoms with E-state index in [9.17, 15) is 9.90 Å². The van der Waals surface area contributed by atoms with Crippen LogP contribution in [0.15, 0.2) is 30.3 Å². The molecular weight excluding hydrogens is 611 g/mol. The smallest absolute Gasteiger partial charge is 0.335 e. The number of piperazine rings is 1. The van der Waals surface area contributed by atoms with Gasteiger partial charge in [-0.1, -0.05) is 77.6 Å². The van der Waals surface area contributed by atoms with E-state index in [-0.39, 0.29) is 5.41 Å². The third kappa shape index (κ3) is 6.05. The van der Waals surface area contributed by atoms with Crippen molar-refractivity contribution in [2.75, 3.05) is 45.0 Å². The van der Waals surface area contributed by atoms with Crippen LogP contribution in [0.4, 0.5) is 0 Å². The Morgan fingerprint density at radius 1 is 0.896 bits per heavy atom. The zero-order valence-electron chi connectivity index (χ0n) is 30.9. The maximum atomic E-state index is 11.5. The molecule has 0 bridgehead atoms. The van der Waals surface area contributed by atoms with Gasteiger partial charge in [-0.3, -0.25) is 4.90 Å². The molecule has 1 aliphatic heterocycles. The molecule has 1 aromatic rings. The molecule has 1 aromatic carbocycles. The Balaban J connectivity index is 1.01. The lowest BCUT2D eigenvalue weighted by Gasteiger charge is -2.68. The maximum Gasteiger partial charge on any atom is 0.335 e. The second-order valence-corrected chi connectivity index (χ2v) is 19.2. The standard InChI is InChI=1S/C42H65N3O2S/c1-6-7-29-48-45-27-25-44(26-28-45)24-23-43-42-19-8-9-35(42)32-14-15-37-40(4,34(32)17-22-42)21-18-36-39(2,3)33(16-20-41(36,37)5)30-10-12-31(13-11-30)38(46)47/h10-13,16,32,34-37,43H,6-9,14-15,17-29H2,1-5H3,(H,46,47)/t32-,34?,35?,36?,37?,40-,41-,42-/m0/s1. The van der Waals surface area contributed by atoms with E-state index in [0.29, 0.717) is 27.9 Å². The van der Waals surface area contributed by atoms with E-state index < -0.39 is 5.97 Å². The molecule has 4 saturated carbocycles. The van der Waals surface area contributed by atoms with E-state index in [0.717, 1.165) is 30.1 Å². The summed E-state index contributed by atoms with van der Waals surface area (Å²) in [5, 5.41) is 13.8. The molecule has 2 N–H and O–H groups in total. The van der Waals surface area contributed by atoms with Crippen LogP contribution in [-0.4, -0.2) is 70.8 Å². The molecule has 4 unspecified atom stereocenters. The van der Waals surface area contributed by atoms with Crippen LogP contribution >= 0.6 is 11.9 Å². The molecule has 7 rings (SSSR count). The third-order valence-electron chi connectivity index (χ3n) is 15.5. The normalized spacial score (nSPS) is 39.5.